The lowest BCUT2D eigenvalue weighted by Crippen LogP contribution is -2.06. The van der Waals surface area contributed by atoms with Crippen LogP contribution in [-0.2, 0) is 4.74 Å². The summed E-state index contributed by atoms with van der Waals surface area (Å²) >= 11 is 11.8. The molecule has 0 atom stereocenters. The number of halogens is 2. The number of rotatable bonds is 5. The first kappa shape index (κ1) is 12.4. The molecule has 0 spiro atoms. The van der Waals surface area contributed by atoms with E-state index in [0.717, 1.165) is 0 Å². The minimum absolute atomic E-state index is 0.350. The Kier molecular flexibility index (Phi) is 4.94. The van der Waals surface area contributed by atoms with E-state index in [9.17, 15) is 0 Å². The number of hydrogen-bond acceptors (Lipinski definition) is 4. The number of aromatic nitrogens is 1. The van der Waals surface area contributed by atoms with Crippen LogP contribution in [0.1, 0.15) is 0 Å². The highest BCUT2D eigenvalue weighted by Gasteiger charge is 2.09. The third-order valence-electron chi connectivity index (χ3n) is 1.66. The van der Waals surface area contributed by atoms with Crippen molar-refractivity contribution in [3.05, 3.63) is 16.1 Å². The predicted octanol–water partition coefficient (Wildman–Crippen LogP) is 2.46. The van der Waals surface area contributed by atoms with Gasteiger partial charge in [0.25, 0.3) is 0 Å². The van der Waals surface area contributed by atoms with Crippen LogP contribution in [0.4, 0.5) is 5.82 Å². The van der Waals surface area contributed by atoms with E-state index in [0.29, 0.717) is 35.0 Å². The van der Waals surface area contributed by atoms with Crippen LogP contribution < -0.4 is 10.1 Å². The van der Waals surface area contributed by atoms with E-state index in [1.807, 2.05) is 0 Å². The maximum absolute atomic E-state index is 5.90. The molecule has 1 aromatic heterocycles. The van der Waals surface area contributed by atoms with Gasteiger partial charge in [0.05, 0.1) is 11.6 Å². The van der Waals surface area contributed by atoms with Crippen LogP contribution >= 0.6 is 23.2 Å². The van der Waals surface area contributed by atoms with Gasteiger partial charge in [0.1, 0.15) is 17.4 Å². The van der Waals surface area contributed by atoms with E-state index in [-0.39, 0.29) is 0 Å². The summed E-state index contributed by atoms with van der Waals surface area (Å²) in [6, 6.07) is 1.59. The lowest BCUT2D eigenvalue weighted by atomic mass is 10.4. The molecule has 1 rings (SSSR count). The maximum Gasteiger partial charge on any atom is 0.234 e. The normalized spacial score (nSPS) is 10.1. The number of pyridine rings is 1. The molecule has 0 saturated heterocycles. The summed E-state index contributed by atoms with van der Waals surface area (Å²) < 4.78 is 10.2. The van der Waals surface area contributed by atoms with Crippen LogP contribution in [0.2, 0.25) is 10.0 Å². The standard InChI is InChI=1S/C9H12Cl2N2O2/c1-12-8-6(10)5-7(11)9(13-8)15-4-3-14-2/h5H,3-4H2,1-2H3,(H,12,13). The molecule has 0 aliphatic carbocycles. The minimum atomic E-state index is 0.350. The maximum atomic E-state index is 5.90. The number of ether oxygens (including phenoxy) is 2. The number of nitrogens with zero attached hydrogens (tertiary/aromatic N) is 1. The summed E-state index contributed by atoms with van der Waals surface area (Å²) in [4.78, 5) is 4.11. The molecular formula is C9H12Cl2N2O2. The van der Waals surface area contributed by atoms with Crippen LogP contribution in [0.3, 0.4) is 0 Å². The Balaban J connectivity index is 2.78. The Morgan fingerprint density at radius 3 is 2.67 bits per heavy atom. The highest BCUT2D eigenvalue weighted by Crippen LogP contribution is 2.30. The summed E-state index contributed by atoms with van der Waals surface area (Å²) in [5.74, 6) is 0.885. The van der Waals surface area contributed by atoms with Crippen molar-refractivity contribution < 1.29 is 9.47 Å². The second-order valence-electron chi connectivity index (χ2n) is 2.70. The van der Waals surface area contributed by atoms with Crippen LogP contribution in [0.5, 0.6) is 5.88 Å². The summed E-state index contributed by atoms with van der Waals surface area (Å²) in [6.07, 6.45) is 0. The smallest absolute Gasteiger partial charge is 0.234 e. The van der Waals surface area contributed by atoms with Crippen molar-refractivity contribution in [1.82, 2.24) is 4.98 Å². The van der Waals surface area contributed by atoms with Crippen molar-refractivity contribution in [1.29, 1.82) is 0 Å². The molecule has 15 heavy (non-hydrogen) atoms. The highest BCUT2D eigenvalue weighted by molar-refractivity contribution is 6.36. The lowest BCUT2D eigenvalue weighted by Gasteiger charge is -2.09. The van der Waals surface area contributed by atoms with Gasteiger partial charge in [-0.2, -0.15) is 4.98 Å². The largest absolute Gasteiger partial charge is 0.474 e. The van der Waals surface area contributed by atoms with Gasteiger partial charge in [-0.3, -0.25) is 0 Å². The van der Waals surface area contributed by atoms with E-state index in [1.54, 1.807) is 20.2 Å². The molecule has 0 unspecified atom stereocenters. The summed E-state index contributed by atoms with van der Waals surface area (Å²) in [5, 5.41) is 3.68. The Bertz CT molecular complexity index is 334. The van der Waals surface area contributed by atoms with Gasteiger partial charge in [-0.15, -0.1) is 0 Å². The Morgan fingerprint density at radius 1 is 1.33 bits per heavy atom. The Hall–Kier alpha value is -0.710. The quantitative estimate of drug-likeness (QED) is 0.816. The topological polar surface area (TPSA) is 43.4 Å². The molecule has 0 aliphatic heterocycles. The molecule has 1 aromatic rings. The van der Waals surface area contributed by atoms with Gasteiger partial charge in [-0.05, 0) is 6.07 Å². The van der Waals surface area contributed by atoms with E-state index in [1.165, 1.54) is 0 Å². The molecule has 0 aromatic carbocycles. The van der Waals surface area contributed by atoms with Crippen LogP contribution in [0, 0.1) is 0 Å². The zero-order valence-corrected chi connectivity index (χ0v) is 10.0. The van der Waals surface area contributed by atoms with Crippen LogP contribution in [0.15, 0.2) is 6.07 Å². The Labute approximate surface area is 98.5 Å². The molecule has 0 aliphatic rings. The molecular weight excluding hydrogens is 239 g/mol. The van der Waals surface area contributed by atoms with Gasteiger partial charge in [0, 0.05) is 14.2 Å². The molecule has 0 radical (unpaired) electrons. The molecule has 0 fully saturated rings. The second kappa shape index (κ2) is 6.00. The van der Waals surface area contributed by atoms with Crippen molar-refractivity contribution in [3.8, 4) is 5.88 Å². The molecule has 6 heteroatoms. The number of methoxy groups -OCH3 is 1. The zero-order chi connectivity index (χ0) is 11.3. The van der Waals surface area contributed by atoms with Gasteiger partial charge < -0.3 is 14.8 Å². The second-order valence-corrected chi connectivity index (χ2v) is 3.51. The SMILES string of the molecule is CNc1nc(OCCOC)c(Cl)cc1Cl. The average molecular weight is 251 g/mol. The molecule has 84 valence electrons. The average Bonchev–Trinajstić information content (AvgIpc) is 2.21. The van der Waals surface area contributed by atoms with Crippen molar-refractivity contribution in [3.63, 3.8) is 0 Å². The van der Waals surface area contributed by atoms with Crippen molar-refractivity contribution >= 4 is 29.0 Å². The fraction of sp³-hybridized carbons (Fsp3) is 0.444. The number of anilines is 1. The first-order valence-corrected chi connectivity index (χ1v) is 5.10. The van der Waals surface area contributed by atoms with E-state index < -0.39 is 0 Å². The highest BCUT2D eigenvalue weighted by atomic mass is 35.5. The molecule has 0 bridgehead atoms. The lowest BCUT2D eigenvalue weighted by molar-refractivity contribution is 0.144. The molecule has 0 saturated carbocycles. The monoisotopic (exact) mass is 250 g/mol. The number of hydrogen-bond donors (Lipinski definition) is 1. The van der Waals surface area contributed by atoms with Crippen molar-refractivity contribution in [2.24, 2.45) is 0 Å². The first-order chi connectivity index (χ1) is 7.19. The van der Waals surface area contributed by atoms with Gasteiger partial charge in [0.2, 0.25) is 5.88 Å². The number of nitrogens with one attached hydrogen (secondary N) is 1. The fourth-order valence-corrected chi connectivity index (χ4v) is 1.46. The van der Waals surface area contributed by atoms with Crippen LogP contribution in [-0.4, -0.2) is 32.4 Å². The predicted molar refractivity (Wildman–Crippen MR) is 61.2 cm³/mol. The van der Waals surface area contributed by atoms with Gasteiger partial charge in [0.15, 0.2) is 0 Å². The summed E-state index contributed by atoms with van der Waals surface area (Å²) in [6.45, 7) is 0.879. The third-order valence-corrected chi connectivity index (χ3v) is 2.22. The first-order valence-electron chi connectivity index (χ1n) is 4.34. The molecule has 1 heterocycles. The Morgan fingerprint density at radius 2 is 2.07 bits per heavy atom. The van der Waals surface area contributed by atoms with Gasteiger partial charge in [-0.25, -0.2) is 0 Å². The zero-order valence-electron chi connectivity index (χ0n) is 8.51. The fourth-order valence-electron chi connectivity index (χ4n) is 0.948. The molecule has 4 nitrogen and oxygen atoms in total. The summed E-state index contributed by atoms with van der Waals surface area (Å²) in [5.41, 5.74) is 0. The molecule has 0 amide bonds. The van der Waals surface area contributed by atoms with Crippen molar-refractivity contribution in [2.75, 3.05) is 32.7 Å². The van der Waals surface area contributed by atoms with Crippen LogP contribution in [0.25, 0.3) is 0 Å². The van der Waals surface area contributed by atoms with E-state index in [2.05, 4.69) is 10.3 Å². The van der Waals surface area contributed by atoms with Crippen molar-refractivity contribution in [2.45, 2.75) is 0 Å². The third kappa shape index (κ3) is 3.41. The summed E-state index contributed by atoms with van der Waals surface area (Å²) in [7, 11) is 3.32. The van der Waals surface area contributed by atoms with E-state index in [4.69, 9.17) is 32.7 Å². The van der Waals surface area contributed by atoms with Gasteiger partial charge in [-0.1, -0.05) is 23.2 Å². The minimum Gasteiger partial charge on any atom is -0.474 e. The van der Waals surface area contributed by atoms with Gasteiger partial charge >= 0.3 is 0 Å². The molecule has 1 N–H and O–H groups in total. The van der Waals surface area contributed by atoms with E-state index >= 15 is 0 Å².